The Morgan fingerprint density at radius 1 is 1.06 bits per heavy atom. The lowest BCUT2D eigenvalue weighted by Gasteiger charge is -2.23. The van der Waals surface area contributed by atoms with E-state index in [2.05, 4.69) is 5.32 Å². The zero-order valence-corrected chi connectivity index (χ0v) is 18.9. The van der Waals surface area contributed by atoms with Crippen LogP contribution in [0, 0.1) is 0 Å². The first-order valence-electron chi connectivity index (χ1n) is 9.31. The summed E-state index contributed by atoms with van der Waals surface area (Å²) in [5, 5.41) is 3.34. The summed E-state index contributed by atoms with van der Waals surface area (Å²) < 4.78 is 34.0. The highest BCUT2D eigenvalue weighted by molar-refractivity contribution is 7.87. The van der Waals surface area contributed by atoms with Crippen LogP contribution in [0.5, 0.6) is 5.75 Å². The third-order valence-electron chi connectivity index (χ3n) is 4.26. The number of nitrogens with one attached hydrogen (secondary N) is 1. The predicted molar refractivity (Wildman–Crippen MR) is 120 cm³/mol. The normalized spacial score (nSPS) is 11.2. The number of anilines is 1. The van der Waals surface area contributed by atoms with Crippen molar-refractivity contribution in [2.75, 3.05) is 11.1 Å². The molecule has 0 atom stereocenters. The van der Waals surface area contributed by atoms with Gasteiger partial charge in [-0.3, -0.25) is 0 Å². The van der Waals surface area contributed by atoms with Crippen molar-refractivity contribution in [1.82, 2.24) is 4.90 Å². The third-order valence-corrected chi connectivity index (χ3v) is 6.04. The van der Waals surface area contributed by atoms with Crippen molar-refractivity contribution >= 4 is 45.0 Å². The predicted octanol–water partition coefficient (Wildman–Crippen LogP) is 5.55. The zero-order valence-electron chi connectivity index (χ0n) is 16.5. The van der Waals surface area contributed by atoms with E-state index in [1.165, 1.54) is 24.2 Å². The lowest BCUT2D eigenvalue weighted by Crippen LogP contribution is -2.34. The largest absolute Gasteiger partial charge is 0.467 e. The molecular weight excluding hydrogens is 463 g/mol. The molecule has 7 nitrogen and oxygen atoms in total. The molecule has 3 rings (SSSR count). The van der Waals surface area contributed by atoms with Gasteiger partial charge in [-0.25, -0.2) is 4.79 Å². The second-order valence-corrected chi connectivity index (χ2v) is 9.21. The molecule has 0 aliphatic rings. The Balaban J connectivity index is 1.83. The topological polar surface area (TPSA) is 88.9 Å². The Bertz CT molecular complexity index is 1130. The van der Waals surface area contributed by atoms with Gasteiger partial charge in [0.1, 0.15) is 11.5 Å². The molecule has 164 valence electrons. The summed E-state index contributed by atoms with van der Waals surface area (Å²) in [7, 11) is -3.66. The molecular formula is C21H20Cl2N2O5S. The van der Waals surface area contributed by atoms with Crippen molar-refractivity contribution < 1.29 is 21.8 Å². The molecule has 0 aliphatic carbocycles. The molecule has 0 fully saturated rings. The van der Waals surface area contributed by atoms with Crippen LogP contribution in [0.4, 0.5) is 10.5 Å². The number of urea groups is 1. The van der Waals surface area contributed by atoms with Gasteiger partial charge in [-0.05, 0) is 48.9 Å². The minimum atomic E-state index is -3.66. The van der Waals surface area contributed by atoms with E-state index in [-0.39, 0.29) is 24.6 Å². The average molecular weight is 483 g/mol. The number of para-hydroxylation sites is 1. The summed E-state index contributed by atoms with van der Waals surface area (Å²) in [5.41, 5.74) is 0.960. The molecule has 0 spiro atoms. The number of hydrogen-bond acceptors (Lipinski definition) is 5. The van der Waals surface area contributed by atoms with Crippen molar-refractivity contribution in [3.05, 3.63) is 82.2 Å². The maximum absolute atomic E-state index is 13.0. The van der Waals surface area contributed by atoms with Crippen LogP contribution >= 0.6 is 23.2 Å². The Hall–Kier alpha value is -2.68. The van der Waals surface area contributed by atoms with Crippen LogP contribution in [0.25, 0.3) is 0 Å². The fourth-order valence-corrected chi connectivity index (χ4v) is 3.72. The molecule has 1 N–H and O–H groups in total. The molecule has 1 heterocycles. The fraction of sp³-hybridized carbons (Fsp3) is 0.190. The standard InChI is InChI=1S/C21H20Cl2N2O5S/c1-2-31(27,28)30-16-7-3-6-15(12-16)13-25(14-17-8-5-11-29-17)21(26)24-20-18(22)9-4-10-19(20)23/h3-12H,2,13-14H2,1H3,(H,24,26). The molecule has 2 aromatic carbocycles. The fourth-order valence-electron chi connectivity index (χ4n) is 2.71. The number of carbonyl (C=O) groups excluding carboxylic acids is 1. The van der Waals surface area contributed by atoms with Crippen LogP contribution in [0.3, 0.4) is 0 Å². The van der Waals surface area contributed by atoms with Gasteiger partial charge in [0.2, 0.25) is 0 Å². The van der Waals surface area contributed by atoms with Gasteiger partial charge in [-0.2, -0.15) is 8.42 Å². The summed E-state index contributed by atoms with van der Waals surface area (Å²) in [6.07, 6.45) is 1.51. The quantitative estimate of drug-likeness (QED) is 0.425. The SMILES string of the molecule is CCS(=O)(=O)Oc1cccc(CN(Cc2ccco2)C(=O)Nc2c(Cl)cccc2Cl)c1. The number of halogens is 2. The number of nitrogens with zero attached hydrogens (tertiary/aromatic N) is 1. The molecule has 2 amide bonds. The molecule has 0 saturated carbocycles. The highest BCUT2D eigenvalue weighted by Crippen LogP contribution is 2.30. The van der Waals surface area contributed by atoms with Gasteiger partial charge in [0, 0.05) is 6.54 Å². The van der Waals surface area contributed by atoms with Crippen molar-refractivity contribution in [1.29, 1.82) is 0 Å². The van der Waals surface area contributed by atoms with Crippen molar-refractivity contribution in [3.8, 4) is 5.75 Å². The van der Waals surface area contributed by atoms with Crippen LogP contribution < -0.4 is 9.50 Å². The van der Waals surface area contributed by atoms with Gasteiger partial charge in [0.15, 0.2) is 0 Å². The summed E-state index contributed by atoms with van der Waals surface area (Å²) in [5.74, 6) is 0.594. The second kappa shape index (κ2) is 10.1. The van der Waals surface area contributed by atoms with Crippen LogP contribution in [0.1, 0.15) is 18.2 Å². The van der Waals surface area contributed by atoms with Crippen molar-refractivity contribution in [3.63, 3.8) is 0 Å². The van der Waals surface area contributed by atoms with E-state index >= 15 is 0 Å². The highest BCUT2D eigenvalue weighted by atomic mass is 35.5. The summed E-state index contributed by atoms with van der Waals surface area (Å²) in [4.78, 5) is 14.5. The van der Waals surface area contributed by atoms with Crippen LogP contribution in [-0.2, 0) is 23.2 Å². The highest BCUT2D eigenvalue weighted by Gasteiger charge is 2.19. The Labute approximate surface area is 190 Å². The van der Waals surface area contributed by atoms with Crippen LogP contribution in [0.15, 0.2) is 65.3 Å². The van der Waals surface area contributed by atoms with Crippen molar-refractivity contribution in [2.45, 2.75) is 20.0 Å². The van der Waals surface area contributed by atoms with Gasteiger partial charge in [0.05, 0.1) is 34.3 Å². The van der Waals surface area contributed by atoms with Crippen LogP contribution in [0.2, 0.25) is 10.0 Å². The lowest BCUT2D eigenvalue weighted by molar-refractivity contribution is 0.201. The first-order valence-corrected chi connectivity index (χ1v) is 11.6. The Morgan fingerprint density at radius 2 is 1.77 bits per heavy atom. The van der Waals surface area contributed by atoms with Gasteiger partial charge < -0.3 is 18.8 Å². The zero-order chi connectivity index (χ0) is 22.4. The second-order valence-electron chi connectivity index (χ2n) is 6.54. The molecule has 0 bridgehead atoms. The number of hydrogen-bond donors (Lipinski definition) is 1. The van der Waals surface area contributed by atoms with Gasteiger partial charge >= 0.3 is 16.1 Å². The Morgan fingerprint density at radius 3 is 2.42 bits per heavy atom. The number of benzene rings is 2. The maximum Gasteiger partial charge on any atom is 0.322 e. The summed E-state index contributed by atoms with van der Waals surface area (Å²) in [6, 6.07) is 14.4. The smallest absolute Gasteiger partial charge is 0.322 e. The molecule has 0 radical (unpaired) electrons. The number of furan rings is 1. The van der Waals surface area contributed by atoms with E-state index in [9.17, 15) is 13.2 Å². The van der Waals surface area contributed by atoms with Gasteiger partial charge in [0.25, 0.3) is 0 Å². The first-order chi connectivity index (χ1) is 14.8. The maximum atomic E-state index is 13.0. The Kier molecular flexibility index (Phi) is 7.48. The number of amides is 2. The van der Waals surface area contributed by atoms with E-state index in [0.717, 1.165) is 0 Å². The molecule has 10 heteroatoms. The first kappa shape index (κ1) is 23.0. The summed E-state index contributed by atoms with van der Waals surface area (Å²) in [6.45, 7) is 1.81. The molecule has 3 aromatic rings. The van der Waals surface area contributed by atoms with Gasteiger partial charge in [-0.15, -0.1) is 0 Å². The minimum absolute atomic E-state index is 0.150. The molecule has 31 heavy (non-hydrogen) atoms. The van der Waals surface area contributed by atoms with Crippen LogP contribution in [-0.4, -0.2) is 25.1 Å². The van der Waals surface area contributed by atoms with E-state index in [1.54, 1.807) is 48.5 Å². The minimum Gasteiger partial charge on any atom is -0.467 e. The van der Waals surface area contributed by atoms with Gasteiger partial charge in [-0.1, -0.05) is 41.4 Å². The van der Waals surface area contributed by atoms with E-state index in [0.29, 0.717) is 27.1 Å². The molecule has 0 aliphatic heterocycles. The average Bonchev–Trinajstić information content (AvgIpc) is 3.23. The monoisotopic (exact) mass is 482 g/mol. The third kappa shape index (κ3) is 6.40. The van der Waals surface area contributed by atoms with Crippen molar-refractivity contribution in [2.24, 2.45) is 0 Å². The number of carbonyl (C=O) groups is 1. The summed E-state index contributed by atoms with van der Waals surface area (Å²) >= 11 is 12.3. The molecule has 0 unspecified atom stereocenters. The molecule has 0 saturated heterocycles. The van der Waals surface area contributed by atoms with E-state index in [4.69, 9.17) is 31.8 Å². The van der Waals surface area contributed by atoms with E-state index in [1.807, 2.05) is 0 Å². The lowest BCUT2D eigenvalue weighted by atomic mass is 10.2. The van der Waals surface area contributed by atoms with E-state index < -0.39 is 16.1 Å². The molecule has 1 aromatic heterocycles. The number of rotatable bonds is 8.